The van der Waals surface area contributed by atoms with Gasteiger partial charge in [-0.1, -0.05) is 35.8 Å². The lowest BCUT2D eigenvalue weighted by atomic mass is 10.0. The molecule has 2 rings (SSSR count). The molecular formula is C16H20BrNO2. The van der Waals surface area contributed by atoms with Crippen molar-refractivity contribution in [2.75, 3.05) is 13.7 Å². The molecule has 0 aliphatic rings. The van der Waals surface area contributed by atoms with Crippen LogP contribution in [0.3, 0.4) is 0 Å². The van der Waals surface area contributed by atoms with Crippen molar-refractivity contribution in [2.24, 2.45) is 0 Å². The number of aryl methyl sites for hydroxylation is 1. The second kappa shape index (κ2) is 6.95. The van der Waals surface area contributed by atoms with Crippen molar-refractivity contribution < 1.29 is 9.15 Å². The van der Waals surface area contributed by atoms with E-state index in [0.717, 1.165) is 40.3 Å². The fourth-order valence-electron chi connectivity index (χ4n) is 2.23. The molecule has 0 aliphatic heterocycles. The van der Waals surface area contributed by atoms with Crippen molar-refractivity contribution in [1.29, 1.82) is 0 Å². The van der Waals surface area contributed by atoms with Crippen LogP contribution in [0.15, 0.2) is 39.2 Å². The average molecular weight is 338 g/mol. The average Bonchev–Trinajstić information content (AvgIpc) is 2.93. The Morgan fingerprint density at radius 3 is 2.65 bits per heavy atom. The van der Waals surface area contributed by atoms with E-state index in [1.54, 1.807) is 7.11 Å². The van der Waals surface area contributed by atoms with E-state index < -0.39 is 0 Å². The van der Waals surface area contributed by atoms with Gasteiger partial charge in [-0.3, -0.25) is 0 Å². The summed E-state index contributed by atoms with van der Waals surface area (Å²) in [4.78, 5) is 0. The lowest BCUT2D eigenvalue weighted by Gasteiger charge is -2.19. The molecule has 3 nitrogen and oxygen atoms in total. The summed E-state index contributed by atoms with van der Waals surface area (Å²) in [5.74, 6) is 2.77. The lowest BCUT2D eigenvalue weighted by Crippen LogP contribution is -2.22. The predicted molar refractivity (Wildman–Crippen MR) is 84.3 cm³/mol. The minimum atomic E-state index is 0.00310. The number of rotatable bonds is 6. The Labute approximate surface area is 128 Å². The molecule has 1 N–H and O–H groups in total. The van der Waals surface area contributed by atoms with Gasteiger partial charge in [-0.2, -0.15) is 0 Å². The molecule has 1 atom stereocenters. The normalized spacial score (nSPS) is 12.4. The highest BCUT2D eigenvalue weighted by molar-refractivity contribution is 9.10. The first kappa shape index (κ1) is 15.1. The van der Waals surface area contributed by atoms with Crippen LogP contribution in [0.1, 0.15) is 37.0 Å². The number of furan rings is 1. The maximum absolute atomic E-state index is 5.90. The molecule has 1 aromatic carbocycles. The second-order valence-electron chi connectivity index (χ2n) is 4.53. The van der Waals surface area contributed by atoms with Gasteiger partial charge in [-0.25, -0.2) is 0 Å². The van der Waals surface area contributed by atoms with Crippen molar-refractivity contribution in [2.45, 2.75) is 26.3 Å². The number of ether oxygens (including phenoxy) is 1. The van der Waals surface area contributed by atoms with Crippen molar-refractivity contribution in [1.82, 2.24) is 5.32 Å². The van der Waals surface area contributed by atoms with Crippen molar-refractivity contribution in [3.8, 4) is 5.75 Å². The smallest absolute Gasteiger partial charge is 0.125 e. The van der Waals surface area contributed by atoms with E-state index in [4.69, 9.17) is 9.15 Å². The number of halogens is 1. The molecule has 0 fully saturated rings. The number of hydrogen-bond acceptors (Lipinski definition) is 3. The monoisotopic (exact) mass is 337 g/mol. The summed E-state index contributed by atoms with van der Waals surface area (Å²) in [6.07, 6.45) is 0.899. The summed E-state index contributed by atoms with van der Waals surface area (Å²) in [7, 11) is 1.69. The van der Waals surface area contributed by atoms with Gasteiger partial charge in [0.25, 0.3) is 0 Å². The molecule has 0 saturated heterocycles. The molecule has 1 heterocycles. The van der Waals surface area contributed by atoms with Crippen molar-refractivity contribution >= 4 is 15.9 Å². The predicted octanol–water partition coefficient (Wildman–Crippen LogP) is 4.31. The van der Waals surface area contributed by atoms with Crippen LogP contribution in [0.5, 0.6) is 5.75 Å². The maximum Gasteiger partial charge on any atom is 0.125 e. The zero-order valence-electron chi connectivity index (χ0n) is 12.1. The zero-order chi connectivity index (χ0) is 14.5. The van der Waals surface area contributed by atoms with E-state index in [1.165, 1.54) is 0 Å². The number of methoxy groups -OCH3 is 1. The minimum absolute atomic E-state index is 0.00310. The van der Waals surface area contributed by atoms with Crippen LogP contribution in [-0.4, -0.2) is 13.7 Å². The SMILES string of the molecule is CCNC(c1ccc(CC)o1)c1ccc(Br)cc1OC. The van der Waals surface area contributed by atoms with E-state index >= 15 is 0 Å². The van der Waals surface area contributed by atoms with E-state index in [9.17, 15) is 0 Å². The van der Waals surface area contributed by atoms with Crippen LogP contribution in [0.4, 0.5) is 0 Å². The summed E-state index contributed by atoms with van der Waals surface area (Å²) in [5.41, 5.74) is 1.08. The lowest BCUT2D eigenvalue weighted by molar-refractivity contribution is 0.388. The van der Waals surface area contributed by atoms with E-state index in [0.29, 0.717) is 0 Å². The molecular weight excluding hydrogens is 318 g/mol. The van der Waals surface area contributed by atoms with Crippen LogP contribution < -0.4 is 10.1 Å². The quantitative estimate of drug-likeness (QED) is 0.852. The Morgan fingerprint density at radius 1 is 1.25 bits per heavy atom. The summed E-state index contributed by atoms with van der Waals surface area (Å²) in [6.45, 7) is 5.03. The first-order valence-corrected chi connectivity index (χ1v) is 7.64. The first-order valence-electron chi connectivity index (χ1n) is 6.85. The molecule has 20 heavy (non-hydrogen) atoms. The Balaban J connectivity index is 2.42. The van der Waals surface area contributed by atoms with Crippen molar-refractivity contribution in [3.05, 3.63) is 51.9 Å². The highest BCUT2D eigenvalue weighted by Crippen LogP contribution is 2.33. The van der Waals surface area contributed by atoms with Crippen LogP contribution in [0.25, 0.3) is 0 Å². The maximum atomic E-state index is 5.90. The molecule has 0 amide bonds. The van der Waals surface area contributed by atoms with Gasteiger partial charge >= 0.3 is 0 Å². The highest BCUT2D eigenvalue weighted by atomic mass is 79.9. The highest BCUT2D eigenvalue weighted by Gasteiger charge is 2.20. The number of benzene rings is 1. The largest absolute Gasteiger partial charge is 0.496 e. The number of nitrogens with one attached hydrogen (secondary N) is 1. The second-order valence-corrected chi connectivity index (χ2v) is 5.45. The number of hydrogen-bond donors (Lipinski definition) is 1. The molecule has 0 radical (unpaired) electrons. The Bertz CT molecular complexity index is 565. The standard InChI is InChI=1S/C16H20BrNO2/c1-4-12-7-9-14(20-12)16(18-5-2)13-8-6-11(17)10-15(13)19-3/h6-10,16,18H,4-5H2,1-3H3. The van der Waals surface area contributed by atoms with Gasteiger partial charge in [0.1, 0.15) is 17.3 Å². The molecule has 0 bridgehead atoms. The molecule has 0 aliphatic carbocycles. The third-order valence-electron chi connectivity index (χ3n) is 3.23. The minimum Gasteiger partial charge on any atom is -0.496 e. The van der Waals surface area contributed by atoms with Crippen LogP contribution >= 0.6 is 15.9 Å². The summed E-state index contributed by atoms with van der Waals surface area (Å²) < 4.78 is 12.4. The topological polar surface area (TPSA) is 34.4 Å². The van der Waals surface area contributed by atoms with Gasteiger partial charge in [0, 0.05) is 16.5 Å². The van der Waals surface area contributed by atoms with Crippen LogP contribution in [0, 0.1) is 0 Å². The van der Waals surface area contributed by atoms with E-state index in [1.807, 2.05) is 24.3 Å². The van der Waals surface area contributed by atoms with Gasteiger partial charge in [0.2, 0.25) is 0 Å². The van der Waals surface area contributed by atoms with Gasteiger partial charge < -0.3 is 14.5 Å². The zero-order valence-corrected chi connectivity index (χ0v) is 13.7. The third-order valence-corrected chi connectivity index (χ3v) is 3.72. The van der Waals surface area contributed by atoms with E-state index in [-0.39, 0.29) is 6.04 Å². The van der Waals surface area contributed by atoms with Crippen LogP contribution in [0.2, 0.25) is 0 Å². The fraction of sp³-hybridized carbons (Fsp3) is 0.375. The van der Waals surface area contributed by atoms with Gasteiger partial charge in [0.05, 0.1) is 13.2 Å². The van der Waals surface area contributed by atoms with Gasteiger partial charge in [-0.15, -0.1) is 0 Å². The fourth-order valence-corrected chi connectivity index (χ4v) is 2.57. The molecule has 4 heteroatoms. The summed E-state index contributed by atoms with van der Waals surface area (Å²) in [5, 5.41) is 3.46. The molecule has 108 valence electrons. The molecule has 2 aromatic rings. The Hall–Kier alpha value is -1.26. The first-order chi connectivity index (χ1) is 9.69. The molecule has 1 aromatic heterocycles. The molecule has 0 saturated carbocycles. The van der Waals surface area contributed by atoms with Gasteiger partial charge in [-0.05, 0) is 30.8 Å². The van der Waals surface area contributed by atoms with Crippen LogP contribution in [-0.2, 0) is 6.42 Å². The van der Waals surface area contributed by atoms with Gasteiger partial charge in [0.15, 0.2) is 0 Å². The van der Waals surface area contributed by atoms with E-state index in [2.05, 4.69) is 41.2 Å². The molecule has 1 unspecified atom stereocenters. The third kappa shape index (κ3) is 3.25. The Morgan fingerprint density at radius 2 is 2.05 bits per heavy atom. The van der Waals surface area contributed by atoms with Crippen molar-refractivity contribution in [3.63, 3.8) is 0 Å². The molecule has 0 spiro atoms. The Kier molecular flexibility index (Phi) is 5.26. The summed E-state index contributed by atoms with van der Waals surface area (Å²) in [6, 6.07) is 10.1. The summed E-state index contributed by atoms with van der Waals surface area (Å²) >= 11 is 3.47.